The average molecular weight is 242 g/mol. The Hall–Kier alpha value is -1.70. The summed E-state index contributed by atoms with van der Waals surface area (Å²) in [5.74, 6) is 0.356. The molecule has 1 aromatic rings. The van der Waals surface area contributed by atoms with Crippen molar-refractivity contribution < 1.29 is 0 Å². The molecule has 0 fully saturated rings. The molecule has 0 amide bonds. The van der Waals surface area contributed by atoms with Gasteiger partial charge in [0.25, 0.3) is 0 Å². The van der Waals surface area contributed by atoms with Gasteiger partial charge in [0.2, 0.25) is 0 Å². The molecule has 3 N–H and O–H groups in total. The first kappa shape index (κ1) is 12.7. The molecule has 2 heteroatoms. The molecule has 1 aliphatic heterocycles. The second-order valence-electron chi connectivity index (χ2n) is 5.29. The van der Waals surface area contributed by atoms with Crippen molar-refractivity contribution in [1.82, 2.24) is 5.32 Å². The van der Waals surface area contributed by atoms with E-state index in [1.54, 1.807) is 0 Å². The Morgan fingerprint density at radius 3 is 2.00 bits per heavy atom. The summed E-state index contributed by atoms with van der Waals surface area (Å²) in [6.45, 7) is 10.7. The van der Waals surface area contributed by atoms with Crippen LogP contribution in [0.15, 0.2) is 40.7 Å². The predicted molar refractivity (Wildman–Crippen MR) is 78.2 cm³/mol. The smallest absolute Gasteiger partial charge is 0.0346 e. The molecular formula is C16H22N2. The Labute approximate surface area is 110 Å². The van der Waals surface area contributed by atoms with E-state index in [1.807, 2.05) is 6.92 Å². The number of allylic oxidation sites excluding steroid dienone is 4. The Morgan fingerprint density at radius 1 is 0.944 bits per heavy atom. The van der Waals surface area contributed by atoms with Gasteiger partial charge >= 0.3 is 0 Å². The first-order valence-corrected chi connectivity index (χ1v) is 6.39. The molecular weight excluding hydrogens is 220 g/mol. The highest BCUT2D eigenvalue weighted by molar-refractivity contribution is 5.53. The van der Waals surface area contributed by atoms with Gasteiger partial charge in [-0.3, -0.25) is 0 Å². The number of dihydropyridines is 1. The van der Waals surface area contributed by atoms with Crippen molar-refractivity contribution in [2.75, 3.05) is 5.73 Å². The fourth-order valence-corrected chi connectivity index (χ4v) is 2.57. The zero-order chi connectivity index (χ0) is 13.4. The number of anilines is 1. The summed E-state index contributed by atoms with van der Waals surface area (Å²) in [6, 6.07) is 6.41. The van der Waals surface area contributed by atoms with E-state index in [-0.39, 0.29) is 0 Å². The highest BCUT2D eigenvalue weighted by Gasteiger charge is 2.23. The van der Waals surface area contributed by atoms with E-state index in [2.05, 4.69) is 51.2 Å². The van der Waals surface area contributed by atoms with Crippen molar-refractivity contribution in [1.29, 1.82) is 0 Å². The van der Waals surface area contributed by atoms with Gasteiger partial charge in [-0.15, -0.1) is 0 Å². The summed E-state index contributed by atoms with van der Waals surface area (Å²) >= 11 is 0. The van der Waals surface area contributed by atoms with E-state index in [9.17, 15) is 0 Å². The van der Waals surface area contributed by atoms with Crippen molar-refractivity contribution in [2.45, 2.75) is 40.5 Å². The minimum atomic E-state index is 0.356. The molecule has 0 aromatic heterocycles. The van der Waals surface area contributed by atoms with Crippen LogP contribution in [0.5, 0.6) is 0 Å². The SMILES string of the molecule is CC1=C(C)C(c2ccc(C)c(N)c2)C(C)=C(C)N1. The zero-order valence-corrected chi connectivity index (χ0v) is 11.9. The molecule has 1 aliphatic rings. The Morgan fingerprint density at radius 2 is 1.50 bits per heavy atom. The maximum atomic E-state index is 6.04. The summed E-state index contributed by atoms with van der Waals surface area (Å²) in [5.41, 5.74) is 14.6. The Bertz CT molecular complexity index is 526. The maximum absolute atomic E-state index is 6.04. The van der Waals surface area contributed by atoms with Crippen LogP contribution in [0.3, 0.4) is 0 Å². The minimum Gasteiger partial charge on any atom is -0.399 e. The first-order valence-electron chi connectivity index (χ1n) is 6.39. The molecule has 0 saturated heterocycles. The fraction of sp³-hybridized carbons (Fsp3) is 0.375. The monoisotopic (exact) mass is 242 g/mol. The molecule has 0 unspecified atom stereocenters. The molecule has 96 valence electrons. The van der Waals surface area contributed by atoms with E-state index in [1.165, 1.54) is 28.1 Å². The summed E-state index contributed by atoms with van der Waals surface area (Å²) in [4.78, 5) is 0. The van der Waals surface area contributed by atoms with E-state index in [0.717, 1.165) is 11.3 Å². The van der Waals surface area contributed by atoms with Crippen LogP contribution < -0.4 is 11.1 Å². The number of rotatable bonds is 1. The summed E-state index contributed by atoms with van der Waals surface area (Å²) in [7, 11) is 0. The van der Waals surface area contributed by atoms with E-state index in [0.29, 0.717) is 5.92 Å². The standard InChI is InChI=1S/C16H22N2/c1-9-6-7-14(8-15(9)17)16-10(2)12(4)18-13(5)11(16)3/h6-8,16,18H,17H2,1-5H3. The third-order valence-corrected chi connectivity index (χ3v) is 4.06. The summed E-state index contributed by atoms with van der Waals surface area (Å²) < 4.78 is 0. The normalized spacial score (nSPS) is 17.2. The number of hydrogen-bond donors (Lipinski definition) is 2. The Kier molecular flexibility index (Phi) is 3.20. The number of nitrogens with two attached hydrogens (primary N) is 1. The van der Waals surface area contributed by atoms with Gasteiger partial charge in [-0.05, 0) is 63.0 Å². The topological polar surface area (TPSA) is 38.0 Å². The van der Waals surface area contributed by atoms with Crippen molar-refractivity contribution >= 4 is 5.69 Å². The Balaban J connectivity index is 2.53. The van der Waals surface area contributed by atoms with Gasteiger partial charge < -0.3 is 11.1 Å². The quantitative estimate of drug-likeness (QED) is 0.734. The predicted octanol–water partition coefficient (Wildman–Crippen LogP) is 3.85. The highest BCUT2D eigenvalue weighted by Crippen LogP contribution is 2.37. The molecule has 0 bridgehead atoms. The van der Waals surface area contributed by atoms with Crippen LogP contribution in [0, 0.1) is 6.92 Å². The second-order valence-corrected chi connectivity index (χ2v) is 5.29. The molecule has 0 atom stereocenters. The van der Waals surface area contributed by atoms with Crippen molar-refractivity contribution in [3.05, 3.63) is 51.9 Å². The lowest BCUT2D eigenvalue weighted by Gasteiger charge is -2.29. The van der Waals surface area contributed by atoms with Crippen LogP contribution >= 0.6 is 0 Å². The zero-order valence-electron chi connectivity index (χ0n) is 11.9. The first-order chi connectivity index (χ1) is 8.41. The van der Waals surface area contributed by atoms with Crippen molar-refractivity contribution in [2.24, 2.45) is 0 Å². The molecule has 0 aliphatic carbocycles. The van der Waals surface area contributed by atoms with Crippen LogP contribution in [-0.2, 0) is 0 Å². The fourth-order valence-electron chi connectivity index (χ4n) is 2.57. The van der Waals surface area contributed by atoms with Gasteiger partial charge in [-0.25, -0.2) is 0 Å². The number of nitrogens with one attached hydrogen (secondary N) is 1. The van der Waals surface area contributed by atoms with E-state index < -0.39 is 0 Å². The molecule has 0 saturated carbocycles. The van der Waals surface area contributed by atoms with Crippen LogP contribution in [0.4, 0.5) is 5.69 Å². The lowest BCUT2D eigenvalue weighted by Crippen LogP contribution is -2.22. The molecule has 18 heavy (non-hydrogen) atoms. The van der Waals surface area contributed by atoms with E-state index in [4.69, 9.17) is 5.73 Å². The van der Waals surface area contributed by atoms with Gasteiger partial charge in [-0.1, -0.05) is 12.1 Å². The second kappa shape index (κ2) is 4.52. The van der Waals surface area contributed by atoms with Crippen LogP contribution in [0.1, 0.15) is 44.7 Å². The van der Waals surface area contributed by atoms with Gasteiger partial charge in [0.1, 0.15) is 0 Å². The third-order valence-electron chi connectivity index (χ3n) is 4.06. The lowest BCUT2D eigenvalue weighted by molar-refractivity contribution is 0.772. The summed E-state index contributed by atoms with van der Waals surface area (Å²) in [6.07, 6.45) is 0. The van der Waals surface area contributed by atoms with Gasteiger partial charge in [0.15, 0.2) is 0 Å². The van der Waals surface area contributed by atoms with Gasteiger partial charge in [0.05, 0.1) is 0 Å². The van der Waals surface area contributed by atoms with E-state index >= 15 is 0 Å². The summed E-state index contributed by atoms with van der Waals surface area (Å²) in [5, 5.41) is 3.43. The highest BCUT2D eigenvalue weighted by atomic mass is 14.9. The lowest BCUT2D eigenvalue weighted by atomic mass is 9.82. The molecule has 2 nitrogen and oxygen atoms in total. The van der Waals surface area contributed by atoms with Gasteiger partial charge in [0, 0.05) is 23.0 Å². The number of benzene rings is 1. The largest absolute Gasteiger partial charge is 0.399 e. The van der Waals surface area contributed by atoms with Crippen molar-refractivity contribution in [3.63, 3.8) is 0 Å². The van der Waals surface area contributed by atoms with Gasteiger partial charge in [-0.2, -0.15) is 0 Å². The molecule has 0 spiro atoms. The molecule has 0 radical (unpaired) electrons. The molecule has 2 rings (SSSR count). The third kappa shape index (κ3) is 2.03. The van der Waals surface area contributed by atoms with Crippen LogP contribution in [-0.4, -0.2) is 0 Å². The minimum absolute atomic E-state index is 0.356. The average Bonchev–Trinajstić information content (AvgIpc) is 2.31. The molecule has 1 aromatic carbocycles. The van der Waals surface area contributed by atoms with Crippen LogP contribution in [0.25, 0.3) is 0 Å². The number of hydrogen-bond acceptors (Lipinski definition) is 2. The number of aryl methyl sites for hydroxylation is 1. The molecule has 1 heterocycles. The van der Waals surface area contributed by atoms with Crippen LogP contribution in [0.2, 0.25) is 0 Å². The maximum Gasteiger partial charge on any atom is 0.0346 e. The van der Waals surface area contributed by atoms with Crippen molar-refractivity contribution in [3.8, 4) is 0 Å². The number of nitrogen functional groups attached to an aromatic ring is 1.